The second-order valence-electron chi connectivity index (χ2n) is 6.35. The van der Waals surface area contributed by atoms with Crippen molar-refractivity contribution in [3.05, 3.63) is 29.3 Å². The van der Waals surface area contributed by atoms with E-state index in [1.165, 1.54) is 32.1 Å². The standard InChI is InChI=1S/C18H28ClNO/c1-3-12-20-18(15-6-4-14(2)5-7-15)13-21-17-10-8-16(19)9-11-17/h8-11,14-15,18,20H,3-7,12-13H2,1-2H3. The average molecular weight is 310 g/mol. The first-order valence-corrected chi connectivity index (χ1v) is 8.68. The molecule has 0 heterocycles. The molecule has 0 aliphatic heterocycles. The Morgan fingerprint density at radius 2 is 1.86 bits per heavy atom. The largest absolute Gasteiger partial charge is 0.492 e. The van der Waals surface area contributed by atoms with Gasteiger partial charge < -0.3 is 10.1 Å². The van der Waals surface area contributed by atoms with Crippen molar-refractivity contribution < 1.29 is 4.74 Å². The Morgan fingerprint density at radius 1 is 1.19 bits per heavy atom. The first-order valence-electron chi connectivity index (χ1n) is 8.30. The summed E-state index contributed by atoms with van der Waals surface area (Å²) in [6, 6.07) is 8.12. The van der Waals surface area contributed by atoms with Crippen molar-refractivity contribution in [2.45, 2.75) is 52.0 Å². The second kappa shape index (κ2) is 8.65. The summed E-state index contributed by atoms with van der Waals surface area (Å²) in [5.74, 6) is 2.55. The lowest BCUT2D eigenvalue weighted by Crippen LogP contribution is -2.42. The van der Waals surface area contributed by atoms with E-state index in [-0.39, 0.29) is 0 Å². The number of halogens is 1. The fraction of sp³-hybridized carbons (Fsp3) is 0.667. The Labute approximate surface area is 134 Å². The molecule has 0 radical (unpaired) electrons. The zero-order valence-corrected chi connectivity index (χ0v) is 14.0. The molecule has 3 heteroatoms. The smallest absolute Gasteiger partial charge is 0.119 e. The zero-order chi connectivity index (χ0) is 15.1. The molecule has 1 aromatic rings. The lowest BCUT2D eigenvalue weighted by molar-refractivity contribution is 0.170. The molecule has 2 nitrogen and oxygen atoms in total. The lowest BCUT2D eigenvalue weighted by Gasteiger charge is -2.33. The van der Waals surface area contributed by atoms with Crippen LogP contribution in [0.3, 0.4) is 0 Å². The van der Waals surface area contributed by atoms with Gasteiger partial charge in [-0.05, 0) is 61.9 Å². The Morgan fingerprint density at radius 3 is 2.48 bits per heavy atom. The topological polar surface area (TPSA) is 21.3 Å². The summed E-state index contributed by atoms with van der Waals surface area (Å²) in [5.41, 5.74) is 0. The van der Waals surface area contributed by atoms with Crippen LogP contribution in [0.4, 0.5) is 0 Å². The van der Waals surface area contributed by atoms with E-state index in [0.717, 1.165) is 35.8 Å². The highest BCUT2D eigenvalue weighted by Gasteiger charge is 2.26. The molecule has 0 spiro atoms. The fourth-order valence-electron chi connectivity index (χ4n) is 3.10. The molecule has 1 saturated carbocycles. The summed E-state index contributed by atoms with van der Waals surface area (Å²) in [6.45, 7) is 6.41. The third kappa shape index (κ3) is 5.52. The van der Waals surface area contributed by atoms with Gasteiger partial charge in [0.05, 0.1) is 0 Å². The van der Waals surface area contributed by atoms with Crippen LogP contribution in [-0.4, -0.2) is 19.2 Å². The molecular formula is C18H28ClNO. The molecular weight excluding hydrogens is 282 g/mol. The predicted octanol–water partition coefficient (Wildman–Crippen LogP) is 4.91. The minimum Gasteiger partial charge on any atom is -0.492 e. The van der Waals surface area contributed by atoms with Gasteiger partial charge in [0.2, 0.25) is 0 Å². The van der Waals surface area contributed by atoms with E-state index >= 15 is 0 Å². The molecule has 118 valence electrons. The molecule has 2 rings (SSSR count). The van der Waals surface area contributed by atoms with Gasteiger partial charge >= 0.3 is 0 Å². The van der Waals surface area contributed by atoms with Gasteiger partial charge in [0.1, 0.15) is 12.4 Å². The van der Waals surface area contributed by atoms with Gasteiger partial charge in [-0.1, -0.05) is 38.3 Å². The van der Waals surface area contributed by atoms with Crippen molar-refractivity contribution in [1.82, 2.24) is 5.32 Å². The maximum absolute atomic E-state index is 5.98. The van der Waals surface area contributed by atoms with Crippen LogP contribution < -0.4 is 10.1 Å². The van der Waals surface area contributed by atoms with Crippen molar-refractivity contribution in [2.75, 3.05) is 13.2 Å². The molecule has 0 bridgehead atoms. The van der Waals surface area contributed by atoms with Crippen LogP contribution in [0.2, 0.25) is 5.02 Å². The fourth-order valence-corrected chi connectivity index (χ4v) is 3.22. The summed E-state index contributed by atoms with van der Waals surface area (Å²) in [5, 5.41) is 4.44. The molecule has 0 amide bonds. The SMILES string of the molecule is CCCNC(COc1ccc(Cl)cc1)C1CCC(C)CC1. The molecule has 1 aliphatic rings. The zero-order valence-electron chi connectivity index (χ0n) is 13.3. The van der Waals surface area contributed by atoms with Crippen LogP contribution in [0.5, 0.6) is 5.75 Å². The molecule has 21 heavy (non-hydrogen) atoms. The third-order valence-electron chi connectivity index (χ3n) is 4.53. The molecule has 1 aliphatic carbocycles. The summed E-state index contributed by atoms with van der Waals surface area (Å²) < 4.78 is 5.98. The number of ether oxygens (including phenoxy) is 1. The van der Waals surface area contributed by atoms with E-state index in [0.29, 0.717) is 6.04 Å². The summed E-state index contributed by atoms with van der Waals surface area (Å²) in [6.07, 6.45) is 6.53. The molecule has 1 atom stereocenters. The maximum atomic E-state index is 5.98. The first kappa shape index (κ1) is 16.6. The summed E-state index contributed by atoms with van der Waals surface area (Å²) >= 11 is 5.91. The van der Waals surface area contributed by atoms with E-state index in [1.54, 1.807) is 0 Å². The van der Waals surface area contributed by atoms with Gasteiger partial charge in [-0.15, -0.1) is 0 Å². The van der Waals surface area contributed by atoms with Crippen molar-refractivity contribution >= 4 is 11.6 Å². The molecule has 1 unspecified atom stereocenters. The minimum atomic E-state index is 0.466. The first-order chi connectivity index (χ1) is 10.2. The van der Waals surface area contributed by atoms with E-state index < -0.39 is 0 Å². The Kier molecular flexibility index (Phi) is 6.85. The Bertz CT molecular complexity index is 398. The van der Waals surface area contributed by atoms with Crippen LogP contribution in [0.15, 0.2) is 24.3 Å². The van der Waals surface area contributed by atoms with E-state index in [1.807, 2.05) is 24.3 Å². The van der Waals surface area contributed by atoms with Gasteiger partial charge in [-0.2, -0.15) is 0 Å². The number of rotatable bonds is 7. The maximum Gasteiger partial charge on any atom is 0.119 e. The highest BCUT2D eigenvalue weighted by Crippen LogP contribution is 2.30. The Balaban J connectivity index is 1.87. The van der Waals surface area contributed by atoms with Crippen molar-refractivity contribution in [3.63, 3.8) is 0 Å². The Hall–Kier alpha value is -0.730. The summed E-state index contributed by atoms with van der Waals surface area (Å²) in [7, 11) is 0. The van der Waals surface area contributed by atoms with E-state index in [2.05, 4.69) is 19.2 Å². The number of hydrogen-bond acceptors (Lipinski definition) is 2. The normalized spacial score (nSPS) is 23.8. The second-order valence-corrected chi connectivity index (χ2v) is 6.78. The van der Waals surface area contributed by atoms with Gasteiger partial charge in [0.25, 0.3) is 0 Å². The van der Waals surface area contributed by atoms with Crippen molar-refractivity contribution in [1.29, 1.82) is 0 Å². The van der Waals surface area contributed by atoms with Gasteiger partial charge in [0.15, 0.2) is 0 Å². The van der Waals surface area contributed by atoms with Crippen LogP contribution >= 0.6 is 11.6 Å². The molecule has 0 saturated heterocycles. The van der Waals surface area contributed by atoms with Crippen molar-refractivity contribution in [3.8, 4) is 5.75 Å². The monoisotopic (exact) mass is 309 g/mol. The van der Waals surface area contributed by atoms with E-state index in [9.17, 15) is 0 Å². The van der Waals surface area contributed by atoms with Gasteiger partial charge in [0, 0.05) is 11.1 Å². The molecule has 0 aromatic heterocycles. The number of nitrogens with one attached hydrogen (secondary N) is 1. The number of benzene rings is 1. The quantitative estimate of drug-likeness (QED) is 0.772. The molecule has 1 fully saturated rings. The lowest BCUT2D eigenvalue weighted by atomic mass is 9.79. The highest BCUT2D eigenvalue weighted by atomic mass is 35.5. The predicted molar refractivity (Wildman–Crippen MR) is 90.2 cm³/mol. The van der Waals surface area contributed by atoms with Crippen molar-refractivity contribution in [2.24, 2.45) is 11.8 Å². The van der Waals surface area contributed by atoms with E-state index in [4.69, 9.17) is 16.3 Å². The molecule has 1 N–H and O–H groups in total. The average Bonchev–Trinajstić information content (AvgIpc) is 2.50. The van der Waals surface area contributed by atoms with Crippen LogP contribution in [0.25, 0.3) is 0 Å². The van der Waals surface area contributed by atoms with Gasteiger partial charge in [-0.25, -0.2) is 0 Å². The molecule has 1 aromatic carbocycles. The highest BCUT2D eigenvalue weighted by molar-refractivity contribution is 6.30. The van der Waals surface area contributed by atoms with Crippen LogP contribution in [0, 0.1) is 11.8 Å². The summed E-state index contributed by atoms with van der Waals surface area (Å²) in [4.78, 5) is 0. The van der Waals surface area contributed by atoms with Crippen LogP contribution in [-0.2, 0) is 0 Å². The third-order valence-corrected chi connectivity index (χ3v) is 4.78. The number of hydrogen-bond donors (Lipinski definition) is 1. The minimum absolute atomic E-state index is 0.466. The van der Waals surface area contributed by atoms with Gasteiger partial charge in [-0.3, -0.25) is 0 Å². The van der Waals surface area contributed by atoms with Crippen LogP contribution in [0.1, 0.15) is 46.0 Å².